The molecule has 0 fully saturated rings. The maximum atomic E-state index is 10.6. The third-order valence-corrected chi connectivity index (χ3v) is 2.21. The van der Waals surface area contributed by atoms with Crippen LogP contribution in [0, 0.1) is 4.91 Å². The molecule has 0 radical (unpaired) electrons. The highest BCUT2D eigenvalue weighted by molar-refractivity contribution is 5.63. The number of rotatable bonds is 2. The van der Waals surface area contributed by atoms with E-state index in [2.05, 4.69) is 32.5 Å². The van der Waals surface area contributed by atoms with Crippen LogP contribution >= 0.6 is 0 Å². The highest BCUT2D eigenvalue weighted by atomic mass is 16.3. The van der Waals surface area contributed by atoms with Gasteiger partial charge >= 0.3 is 0 Å². The molecule has 74 valence electrons. The molecule has 2 nitrogen and oxygen atoms in total. The van der Waals surface area contributed by atoms with Gasteiger partial charge in [0.25, 0.3) is 0 Å². The Labute approximate surface area is 84.6 Å². The first kappa shape index (κ1) is 10.6. The summed E-state index contributed by atoms with van der Waals surface area (Å²) in [6.07, 6.45) is 1.64. The lowest BCUT2D eigenvalue weighted by molar-refractivity contribution is 0.590. The third kappa shape index (κ3) is 2.08. The molecule has 1 aromatic carbocycles. The highest BCUT2D eigenvalue weighted by Gasteiger charge is 2.14. The Morgan fingerprint density at radius 1 is 1.36 bits per heavy atom. The molecule has 0 aliphatic heterocycles. The van der Waals surface area contributed by atoms with Crippen molar-refractivity contribution in [2.45, 2.75) is 26.2 Å². The van der Waals surface area contributed by atoms with Crippen LogP contribution in [0.3, 0.4) is 0 Å². The van der Waals surface area contributed by atoms with Crippen molar-refractivity contribution in [3.63, 3.8) is 0 Å². The molecule has 0 N–H and O–H groups in total. The molecular formula is C12H15NO. The van der Waals surface area contributed by atoms with Crippen LogP contribution in [0.15, 0.2) is 30.0 Å². The van der Waals surface area contributed by atoms with E-state index in [1.54, 1.807) is 6.08 Å². The summed E-state index contributed by atoms with van der Waals surface area (Å²) in [4.78, 5) is 10.6. The molecule has 0 aliphatic carbocycles. The van der Waals surface area contributed by atoms with Crippen LogP contribution < -0.4 is 0 Å². The van der Waals surface area contributed by atoms with E-state index in [4.69, 9.17) is 0 Å². The molecule has 1 aromatic rings. The Bertz CT molecular complexity index is 361. The predicted octanol–water partition coefficient (Wildman–Crippen LogP) is 4.03. The van der Waals surface area contributed by atoms with Crippen LogP contribution in [0.4, 0.5) is 5.69 Å². The van der Waals surface area contributed by atoms with E-state index < -0.39 is 0 Å². The molecule has 0 atom stereocenters. The second-order valence-electron chi connectivity index (χ2n) is 4.32. The van der Waals surface area contributed by atoms with Crippen LogP contribution in [-0.2, 0) is 5.41 Å². The van der Waals surface area contributed by atoms with Gasteiger partial charge in [-0.05, 0) is 22.2 Å². The van der Waals surface area contributed by atoms with Crippen molar-refractivity contribution in [3.05, 3.63) is 40.8 Å². The van der Waals surface area contributed by atoms with Crippen molar-refractivity contribution in [2.75, 3.05) is 0 Å². The quantitative estimate of drug-likeness (QED) is 0.646. The van der Waals surface area contributed by atoms with Crippen molar-refractivity contribution in [1.82, 2.24) is 0 Å². The summed E-state index contributed by atoms with van der Waals surface area (Å²) in [5.74, 6) is 0. The number of nitroso groups, excluding NO2 is 1. The highest BCUT2D eigenvalue weighted by Crippen LogP contribution is 2.29. The number of hydrogen-bond donors (Lipinski definition) is 0. The van der Waals surface area contributed by atoms with Gasteiger partial charge in [0.15, 0.2) is 0 Å². The van der Waals surface area contributed by atoms with Gasteiger partial charge in [0.1, 0.15) is 5.69 Å². The van der Waals surface area contributed by atoms with E-state index in [1.807, 2.05) is 18.2 Å². The van der Waals surface area contributed by atoms with Crippen molar-refractivity contribution >= 4 is 11.8 Å². The van der Waals surface area contributed by atoms with Crippen LogP contribution in [0.25, 0.3) is 6.08 Å². The SMILES string of the molecule is C=Cc1ccc(C(C)(C)C)cc1N=O. The van der Waals surface area contributed by atoms with Gasteiger partial charge in [-0.3, -0.25) is 0 Å². The standard InChI is InChI=1S/C12H15NO/c1-5-9-6-7-10(12(2,3)4)8-11(9)13-14/h5-8H,1H2,2-4H3. The first-order chi connectivity index (χ1) is 6.49. The summed E-state index contributed by atoms with van der Waals surface area (Å²) in [6, 6.07) is 5.71. The van der Waals surface area contributed by atoms with Gasteiger partial charge in [-0.25, -0.2) is 0 Å². The number of nitrogens with zero attached hydrogens (tertiary/aromatic N) is 1. The van der Waals surface area contributed by atoms with Gasteiger partial charge in [0.05, 0.1) is 0 Å². The summed E-state index contributed by atoms with van der Waals surface area (Å²) >= 11 is 0. The zero-order valence-electron chi connectivity index (χ0n) is 8.87. The summed E-state index contributed by atoms with van der Waals surface area (Å²) in [5, 5.41) is 2.99. The van der Waals surface area contributed by atoms with E-state index in [0.29, 0.717) is 5.69 Å². The zero-order valence-corrected chi connectivity index (χ0v) is 8.87. The molecular weight excluding hydrogens is 174 g/mol. The Morgan fingerprint density at radius 3 is 2.43 bits per heavy atom. The van der Waals surface area contributed by atoms with Crippen molar-refractivity contribution in [1.29, 1.82) is 0 Å². The number of benzene rings is 1. The average Bonchev–Trinajstić information content (AvgIpc) is 2.15. The van der Waals surface area contributed by atoms with E-state index >= 15 is 0 Å². The first-order valence-corrected chi connectivity index (χ1v) is 4.59. The molecule has 0 amide bonds. The average molecular weight is 189 g/mol. The maximum Gasteiger partial charge on any atom is 0.115 e. The number of hydrogen-bond acceptors (Lipinski definition) is 2. The fourth-order valence-corrected chi connectivity index (χ4v) is 1.26. The molecule has 0 unspecified atom stereocenters. The fourth-order valence-electron chi connectivity index (χ4n) is 1.26. The summed E-state index contributed by atoms with van der Waals surface area (Å²) in [5.41, 5.74) is 2.40. The van der Waals surface area contributed by atoms with Crippen molar-refractivity contribution < 1.29 is 0 Å². The Morgan fingerprint density at radius 2 is 2.00 bits per heavy atom. The van der Waals surface area contributed by atoms with Gasteiger partial charge in [-0.2, -0.15) is 0 Å². The molecule has 2 heteroatoms. The molecule has 0 aliphatic rings. The fraction of sp³-hybridized carbons (Fsp3) is 0.333. The minimum Gasteiger partial charge on any atom is -0.145 e. The lowest BCUT2D eigenvalue weighted by atomic mass is 9.86. The van der Waals surface area contributed by atoms with Crippen LogP contribution in [-0.4, -0.2) is 0 Å². The van der Waals surface area contributed by atoms with E-state index in [9.17, 15) is 4.91 Å². The summed E-state index contributed by atoms with van der Waals surface area (Å²) in [6.45, 7) is 9.94. The minimum atomic E-state index is 0.0408. The Balaban J connectivity index is 3.27. The van der Waals surface area contributed by atoms with E-state index in [-0.39, 0.29) is 5.41 Å². The van der Waals surface area contributed by atoms with Crippen LogP contribution in [0.5, 0.6) is 0 Å². The van der Waals surface area contributed by atoms with Gasteiger partial charge in [-0.1, -0.05) is 45.6 Å². The van der Waals surface area contributed by atoms with Gasteiger partial charge < -0.3 is 0 Å². The topological polar surface area (TPSA) is 29.4 Å². The van der Waals surface area contributed by atoms with Crippen LogP contribution in [0.2, 0.25) is 0 Å². The van der Waals surface area contributed by atoms with Crippen molar-refractivity contribution in [2.24, 2.45) is 5.18 Å². The second-order valence-corrected chi connectivity index (χ2v) is 4.32. The van der Waals surface area contributed by atoms with Crippen molar-refractivity contribution in [3.8, 4) is 0 Å². The predicted molar refractivity (Wildman–Crippen MR) is 60.7 cm³/mol. The molecule has 0 aromatic heterocycles. The van der Waals surface area contributed by atoms with Gasteiger partial charge in [0, 0.05) is 5.56 Å². The molecule has 1 rings (SSSR count). The van der Waals surface area contributed by atoms with Gasteiger partial charge in [-0.15, -0.1) is 4.91 Å². The lowest BCUT2D eigenvalue weighted by Crippen LogP contribution is -2.10. The smallest absolute Gasteiger partial charge is 0.115 e. The molecule has 0 heterocycles. The Hall–Kier alpha value is -1.44. The second kappa shape index (κ2) is 3.74. The monoisotopic (exact) mass is 189 g/mol. The normalized spacial score (nSPS) is 11.1. The Kier molecular flexibility index (Phi) is 2.84. The molecule has 0 saturated carbocycles. The van der Waals surface area contributed by atoms with Crippen LogP contribution in [0.1, 0.15) is 31.9 Å². The summed E-state index contributed by atoms with van der Waals surface area (Å²) < 4.78 is 0. The summed E-state index contributed by atoms with van der Waals surface area (Å²) in [7, 11) is 0. The largest absolute Gasteiger partial charge is 0.145 e. The minimum absolute atomic E-state index is 0.0408. The maximum absolute atomic E-state index is 10.6. The molecule has 0 bridgehead atoms. The first-order valence-electron chi connectivity index (χ1n) is 4.59. The van der Waals surface area contributed by atoms with E-state index in [0.717, 1.165) is 11.1 Å². The lowest BCUT2D eigenvalue weighted by Gasteiger charge is -2.19. The molecule has 14 heavy (non-hydrogen) atoms. The third-order valence-electron chi connectivity index (χ3n) is 2.21. The van der Waals surface area contributed by atoms with E-state index in [1.165, 1.54) is 0 Å². The zero-order chi connectivity index (χ0) is 10.8. The molecule has 0 saturated heterocycles. The molecule has 0 spiro atoms. The van der Waals surface area contributed by atoms with Gasteiger partial charge in [0.2, 0.25) is 0 Å².